The summed E-state index contributed by atoms with van der Waals surface area (Å²) < 4.78 is 7.10. The fraction of sp³-hybridized carbons (Fsp3) is 0.524. The molecule has 0 saturated carbocycles. The summed E-state index contributed by atoms with van der Waals surface area (Å²) in [4.78, 5) is 26.5. The number of rotatable bonds is 8. The first-order chi connectivity index (χ1) is 14.6. The summed E-state index contributed by atoms with van der Waals surface area (Å²) in [6.07, 6.45) is 4.88. The summed E-state index contributed by atoms with van der Waals surface area (Å²) in [7, 11) is 1.63. The maximum Gasteiger partial charge on any atom is 0.230 e. The minimum Gasteiger partial charge on any atom is -0.497 e. The molecule has 1 fully saturated rings. The van der Waals surface area contributed by atoms with Gasteiger partial charge >= 0.3 is 0 Å². The lowest BCUT2D eigenvalue weighted by atomic mass is 10.2. The Morgan fingerprint density at radius 3 is 2.47 bits per heavy atom. The topological polar surface area (TPSA) is 89.3 Å². The molecule has 0 aliphatic carbocycles. The molecule has 1 aromatic heterocycles. The Morgan fingerprint density at radius 1 is 1.10 bits per heavy atom. The van der Waals surface area contributed by atoms with Gasteiger partial charge in [0.05, 0.1) is 12.9 Å². The van der Waals surface area contributed by atoms with Crippen molar-refractivity contribution in [2.24, 2.45) is 0 Å². The number of hydrogen-bond donors (Lipinski definition) is 1. The smallest absolute Gasteiger partial charge is 0.230 e. The van der Waals surface area contributed by atoms with Crippen molar-refractivity contribution in [2.45, 2.75) is 44.2 Å². The van der Waals surface area contributed by atoms with Gasteiger partial charge in [0.2, 0.25) is 11.8 Å². The lowest BCUT2D eigenvalue weighted by molar-refractivity contribution is -0.131. The predicted molar refractivity (Wildman–Crippen MR) is 116 cm³/mol. The third kappa shape index (κ3) is 5.98. The minimum absolute atomic E-state index is 0.120. The molecule has 9 heteroatoms. The van der Waals surface area contributed by atoms with Crippen LogP contribution in [0.15, 0.2) is 29.4 Å². The Morgan fingerprint density at radius 2 is 1.80 bits per heavy atom. The van der Waals surface area contributed by atoms with Gasteiger partial charge < -0.3 is 15.0 Å². The molecule has 30 heavy (non-hydrogen) atoms. The SMILES string of the molecule is COc1ccc(-n2c(C)nnc2SCC(=O)NCCC(=O)N2CCCCCC2)cc1. The van der Waals surface area contributed by atoms with E-state index in [1.165, 1.54) is 24.6 Å². The van der Waals surface area contributed by atoms with E-state index in [-0.39, 0.29) is 17.6 Å². The van der Waals surface area contributed by atoms with Gasteiger partial charge in [-0.15, -0.1) is 10.2 Å². The van der Waals surface area contributed by atoms with E-state index in [1.807, 2.05) is 40.7 Å². The van der Waals surface area contributed by atoms with Crippen LogP contribution < -0.4 is 10.1 Å². The molecular weight excluding hydrogens is 402 g/mol. The second kappa shape index (κ2) is 11.0. The van der Waals surface area contributed by atoms with Crippen LogP contribution in [-0.4, -0.2) is 64.0 Å². The van der Waals surface area contributed by atoms with E-state index >= 15 is 0 Å². The molecule has 0 radical (unpaired) electrons. The molecule has 1 saturated heterocycles. The first-order valence-corrected chi connectivity index (χ1v) is 11.3. The molecule has 2 heterocycles. The number of nitrogens with one attached hydrogen (secondary N) is 1. The zero-order chi connectivity index (χ0) is 21.3. The number of carbonyl (C=O) groups excluding carboxylic acids is 2. The van der Waals surface area contributed by atoms with Gasteiger partial charge in [0.15, 0.2) is 5.16 Å². The van der Waals surface area contributed by atoms with Gasteiger partial charge in [-0.05, 0) is 44.0 Å². The zero-order valence-corrected chi connectivity index (χ0v) is 18.4. The van der Waals surface area contributed by atoms with E-state index in [1.54, 1.807) is 7.11 Å². The highest BCUT2D eigenvalue weighted by atomic mass is 32.2. The van der Waals surface area contributed by atoms with E-state index in [0.717, 1.165) is 43.2 Å². The second-order valence-corrected chi connectivity index (χ2v) is 8.19. The standard InChI is InChI=1S/C21H29N5O3S/c1-16-23-24-21(26(16)17-7-9-18(29-2)10-8-17)30-15-19(27)22-12-11-20(28)25-13-5-3-4-6-14-25/h7-10H,3-6,11-15H2,1-2H3,(H,22,27). The molecule has 0 unspecified atom stereocenters. The molecule has 2 amide bonds. The van der Waals surface area contributed by atoms with E-state index in [4.69, 9.17) is 4.74 Å². The van der Waals surface area contributed by atoms with Gasteiger partial charge in [-0.2, -0.15) is 0 Å². The Labute approximate surface area is 181 Å². The van der Waals surface area contributed by atoms with E-state index < -0.39 is 0 Å². The molecule has 162 valence electrons. The van der Waals surface area contributed by atoms with Crippen LogP contribution in [0.4, 0.5) is 0 Å². The van der Waals surface area contributed by atoms with Gasteiger partial charge in [0, 0.05) is 31.7 Å². The average Bonchev–Trinajstić information content (AvgIpc) is 2.95. The highest BCUT2D eigenvalue weighted by Gasteiger charge is 2.16. The highest BCUT2D eigenvalue weighted by molar-refractivity contribution is 7.99. The van der Waals surface area contributed by atoms with Crippen molar-refractivity contribution < 1.29 is 14.3 Å². The lowest BCUT2D eigenvalue weighted by Gasteiger charge is -2.20. The van der Waals surface area contributed by atoms with Crippen LogP contribution in [-0.2, 0) is 9.59 Å². The normalized spacial score (nSPS) is 14.3. The molecule has 8 nitrogen and oxygen atoms in total. The molecule has 1 aliphatic heterocycles. The number of likely N-dealkylation sites (tertiary alicyclic amines) is 1. The summed E-state index contributed by atoms with van der Waals surface area (Å²) in [5, 5.41) is 11.8. The molecule has 1 N–H and O–H groups in total. The van der Waals surface area contributed by atoms with Crippen molar-refractivity contribution in [3.8, 4) is 11.4 Å². The summed E-state index contributed by atoms with van der Waals surface area (Å²) in [6, 6.07) is 7.59. The fourth-order valence-electron chi connectivity index (χ4n) is 3.43. The van der Waals surface area contributed by atoms with E-state index in [0.29, 0.717) is 18.1 Å². The maximum atomic E-state index is 12.3. The van der Waals surface area contributed by atoms with Crippen LogP contribution in [0.5, 0.6) is 5.75 Å². The molecule has 1 aromatic carbocycles. The van der Waals surface area contributed by atoms with Crippen molar-refractivity contribution >= 4 is 23.6 Å². The molecular formula is C21H29N5O3S. The summed E-state index contributed by atoms with van der Waals surface area (Å²) in [5.74, 6) is 1.73. The monoisotopic (exact) mass is 431 g/mol. The number of aromatic nitrogens is 3. The Balaban J connectivity index is 1.47. The third-order valence-electron chi connectivity index (χ3n) is 5.08. The van der Waals surface area contributed by atoms with Crippen LogP contribution in [0.1, 0.15) is 37.9 Å². The van der Waals surface area contributed by atoms with Crippen LogP contribution >= 0.6 is 11.8 Å². The van der Waals surface area contributed by atoms with Crippen molar-refractivity contribution in [3.05, 3.63) is 30.1 Å². The Hall–Kier alpha value is -2.55. The van der Waals surface area contributed by atoms with Crippen molar-refractivity contribution in [2.75, 3.05) is 32.5 Å². The van der Waals surface area contributed by atoms with Crippen LogP contribution in [0.25, 0.3) is 5.69 Å². The first kappa shape index (κ1) is 22.1. The number of carbonyl (C=O) groups is 2. The van der Waals surface area contributed by atoms with Crippen LogP contribution in [0.2, 0.25) is 0 Å². The van der Waals surface area contributed by atoms with Gasteiger partial charge in [0.25, 0.3) is 0 Å². The number of ether oxygens (including phenoxy) is 1. The lowest BCUT2D eigenvalue weighted by Crippen LogP contribution is -2.35. The number of methoxy groups -OCH3 is 1. The zero-order valence-electron chi connectivity index (χ0n) is 17.6. The third-order valence-corrected chi connectivity index (χ3v) is 6.01. The first-order valence-electron chi connectivity index (χ1n) is 10.3. The van der Waals surface area contributed by atoms with Crippen LogP contribution in [0, 0.1) is 6.92 Å². The molecule has 0 bridgehead atoms. The van der Waals surface area contributed by atoms with E-state index in [2.05, 4.69) is 15.5 Å². The number of aryl methyl sites for hydroxylation is 1. The van der Waals surface area contributed by atoms with Crippen molar-refractivity contribution in [3.63, 3.8) is 0 Å². The molecule has 0 atom stereocenters. The maximum absolute atomic E-state index is 12.3. The summed E-state index contributed by atoms with van der Waals surface area (Å²) in [6.45, 7) is 3.90. The van der Waals surface area contributed by atoms with E-state index in [9.17, 15) is 9.59 Å². The molecule has 3 rings (SSSR count). The predicted octanol–water partition coefficient (Wildman–Crippen LogP) is 2.59. The quantitative estimate of drug-likeness (QED) is 0.646. The number of benzene rings is 1. The Bertz CT molecular complexity index is 845. The highest BCUT2D eigenvalue weighted by Crippen LogP contribution is 2.23. The van der Waals surface area contributed by atoms with Crippen LogP contribution in [0.3, 0.4) is 0 Å². The number of thioether (sulfide) groups is 1. The van der Waals surface area contributed by atoms with Gasteiger partial charge in [0.1, 0.15) is 11.6 Å². The largest absolute Gasteiger partial charge is 0.497 e. The molecule has 1 aliphatic rings. The van der Waals surface area contributed by atoms with Gasteiger partial charge in [-0.3, -0.25) is 14.2 Å². The minimum atomic E-state index is -0.120. The number of nitrogens with zero attached hydrogens (tertiary/aromatic N) is 4. The summed E-state index contributed by atoms with van der Waals surface area (Å²) >= 11 is 1.32. The van der Waals surface area contributed by atoms with Gasteiger partial charge in [-0.1, -0.05) is 24.6 Å². The average molecular weight is 432 g/mol. The van der Waals surface area contributed by atoms with Crippen molar-refractivity contribution in [1.29, 1.82) is 0 Å². The van der Waals surface area contributed by atoms with Crippen molar-refractivity contribution in [1.82, 2.24) is 25.0 Å². The van der Waals surface area contributed by atoms with Gasteiger partial charge in [-0.25, -0.2) is 0 Å². The second-order valence-electron chi connectivity index (χ2n) is 7.25. The molecule has 2 aromatic rings. The fourth-order valence-corrected chi connectivity index (χ4v) is 4.26. The Kier molecular flexibility index (Phi) is 8.12. The number of amides is 2. The molecule has 0 spiro atoms. The summed E-state index contributed by atoms with van der Waals surface area (Å²) in [5.41, 5.74) is 0.907. The number of hydrogen-bond acceptors (Lipinski definition) is 6.